The zero-order valence-corrected chi connectivity index (χ0v) is 37.4. The van der Waals surface area contributed by atoms with Crippen LogP contribution in [0.15, 0.2) is 48.5 Å². The van der Waals surface area contributed by atoms with Gasteiger partial charge in [-0.1, -0.05) is 48.5 Å². The Kier molecular flexibility index (Phi) is 17.7. The van der Waals surface area contributed by atoms with Crippen molar-refractivity contribution >= 4 is 53.8 Å². The van der Waals surface area contributed by atoms with Gasteiger partial charge in [0, 0.05) is 54.4 Å². The molecular weight excluding hydrogens is 894 g/mol. The van der Waals surface area contributed by atoms with Crippen molar-refractivity contribution in [1.82, 2.24) is 5.32 Å². The summed E-state index contributed by atoms with van der Waals surface area (Å²) in [5.74, 6) is -8.47. The van der Waals surface area contributed by atoms with Gasteiger partial charge in [0.15, 0.2) is 49.1 Å². The minimum Gasteiger partial charge on any atom is -0.480 e. The van der Waals surface area contributed by atoms with Gasteiger partial charge < -0.3 is 67.3 Å². The molecule has 2 aromatic carbocycles. The van der Waals surface area contributed by atoms with Crippen LogP contribution in [0.3, 0.4) is 0 Å². The van der Waals surface area contributed by atoms with E-state index in [4.69, 9.17) is 56.8 Å². The number of rotatable bonds is 18. The Labute approximate surface area is 382 Å². The van der Waals surface area contributed by atoms with E-state index in [0.717, 1.165) is 70.7 Å². The number of aliphatic carboxylic acids is 1. The van der Waals surface area contributed by atoms with E-state index in [9.17, 15) is 48.3 Å². The zero-order chi connectivity index (χ0) is 49.1. The standard InChI is InChI=1S/C44H51NO22/c1-20(46)56-18-33-35(60-22(3)48)37(61-23(4)49)40(64-26(7)52)43(66-33)67-36-34(19-57-21(2)47)65-42(39(63-25(6)51)38(36)62-24(5)50)58-17-32(41(53)54)45-44(55)59-16-31-29-14-10-8-12-27(29)28-13-9-11-15-30(28)31/h8-15,31-40,42-43H,16-19H2,1-7H3,(H,45,55)(H,53,54)/t32-,33?,34?,35-,36+,37?,38?,39?,40?,42+,43-/m0/s1. The van der Waals surface area contributed by atoms with Gasteiger partial charge >= 0.3 is 53.8 Å². The minimum atomic E-state index is -1.93. The number of fused-ring (bicyclic) bond motifs is 3. The molecule has 0 bridgehead atoms. The molecule has 1 aliphatic carbocycles. The van der Waals surface area contributed by atoms with Gasteiger partial charge in [-0.15, -0.1) is 0 Å². The van der Waals surface area contributed by atoms with Crippen LogP contribution in [0.2, 0.25) is 0 Å². The Bertz CT molecular complexity index is 2130. The van der Waals surface area contributed by atoms with Gasteiger partial charge in [0.25, 0.3) is 0 Å². The van der Waals surface area contributed by atoms with Crippen LogP contribution in [0.4, 0.5) is 4.79 Å². The van der Waals surface area contributed by atoms with Crippen LogP contribution in [0.25, 0.3) is 11.1 Å². The average Bonchev–Trinajstić information content (AvgIpc) is 3.56. The summed E-state index contributed by atoms with van der Waals surface area (Å²) in [5, 5.41) is 12.4. The SMILES string of the molecule is CC(=O)OCC1O[C@@H](OC[C@H](NC(=O)OCC2c3ccccc3-c3ccccc32)C(=O)O)C(OC(C)=O)C(OC(C)=O)[C@@H]1O[C@@H]1OC(COC(C)=O)[C@H](OC(C)=O)C(OC(C)=O)C1OC(C)=O. The first-order chi connectivity index (χ1) is 31.7. The Hall–Kier alpha value is -6.69. The van der Waals surface area contributed by atoms with E-state index in [1.165, 1.54) is 0 Å². The van der Waals surface area contributed by atoms with Crippen LogP contribution < -0.4 is 5.32 Å². The molecule has 2 fully saturated rings. The number of carboxylic acids is 1. The number of carbonyl (C=O) groups is 9. The lowest BCUT2D eigenvalue weighted by Gasteiger charge is -2.48. The first-order valence-electron chi connectivity index (χ1n) is 20.8. The van der Waals surface area contributed by atoms with E-state index < -0.39 is 141 Å². The molecule has 3 aliphatic rings. The summed E-state index contributed by atoms with van der Waals surface area (Å²) in [7, 11) is 0. The number of amides is 1. The van der Waals surface area contributed by atoms with Crippen LogP contribution in [0.5, 0.6) is 0 Å². The second kappa shape index (κ2) is 23.2. The topological polar surface area (TPSA) is 297 Å². The van der Waals surface area contributed by atoms with Crippen LogP contribution in [-0.2, 0) is 95.2 Å². The van der Waals surface area contributed by atoms with Crippen molar-refractivity contribution in [2.24, 2.45) is 0 Å². The molecule has 2 aromatic rings. The molecule has 23 heteroatoms. The van der Waals surface area contributed by atoms with Crippen molar-refractivity contribution in [2.45, 2.75) is 122 Å². The fourth-order valence-corrected chi connectivity index (χ4v) is 7.75. The van der Waals surface area contributed by atoms with Crippen molar-refractivity contribution in [3.8, 4) is 11.1 Å². The summed E-state index contributed by atoms with van der Waals surface area (Å²) < 4.78 is 67.7. The number of carbonyl (C=O) groups excluding carboxylic acids is 8. The van der Waals surface area contributed by atoms with Gasteiger partial charge in [0.1, 0.15) is 38.1 Å². The van der Waals surface area contributed by atoms with E-state index in [2.05, 4.69) is 5.32 Å². The molecule has 2 aliphatic heterocycles. The van der Waals surface area contributed by atoms with Crippen molar-refractivity contribution in [3.63, 3.8) is 0 Å². The fourth-order valence-electron chi connectivity index (χ4n) is 7.75. The number of hydrogen-bond acceptors (Lipinski definition) is 21. The molecule has 5 rings (SSSR count). The third kappa shape index (κ3) is 13.7. The molecule has 6 unspecified atom stereocenters. The van der Waals surface area contributed by atoms with Gasteiger partial charge in [-0.25, -0.2) is 9.59 Å². The van der Waals surface area contributed by atoms with Crippen LogP contribution in [0.1, 0.15) is 65.5 Å². The second-order valence-electron chi connectivity index (χ2n) is 15.4. The maximum absolute atomic E-state index is 13.2. The predicted molar refractivity (Wildman–Crippen MR) is 219 cm³/mol. The van der Waals surface area contributed by atoms with Crippen molar-refractivity contribution < 1.29 is 105 Å². The van der Waals surface area contributed by atoms with Crippen LogP contribution >= 0.6 is 0 Å². The quantitative estimate of drug-likeness (QED) is 0.158. The number of benzene rings is 2. The smallest absolute Gasteiger partial charge is 0.407 e. The van der Waals surface area contributed by atoms with E-state index in [1.807, 2.05) is 48.5 Å². The molecule has 0 radical (unpaired) electrons. The number of ether oxygens (including phenoxy) is 12. The number of esters is 7. The number of hydrogen-bond donors (Lipinski definition) is 2. The van der Waals surface area contributed by atoms with Crippen molar-refractivity contribution in [3.05, 3.63) is 59.7 Å². The first kappa shape index (κ1) is 51.3. The maximum atomic E-state index is 13.2. The number of alkyl carbamates (subject to hydrolysis) is 1. The highest BCUT2D eigenvalue weighted by atomic mass is 16.8. The lowest BCUT2D eigenvalue weighted by molar-refractivity contribution is -0.361. The van der Waals surface area contributed by atoms with Gasteiger partial charge in [0.05, 0.1) is 6.61 Å². The summed E-state index contributed by atoms with van der Waals surface area (Å²) in [6.07, 6.45) is -18.6. The van der Waals surface area contributed by atoms with Crippen LogP contribution in [-0.4, -0.2) is 153 Å². The highest BCUT2D eigenvalue weighted by Gasteiger charge is 2.58. The molecule has 0 aromatic heterocycles. The molecule has 2 N–H and O–H groups in total. The third-order valence-electron chi connectivity index (χ3n) is 10.2. The summed E-state index contributed by atoms with van der Waals surface area (Å²) in [6, 6.07) is 13.3. The Morgan fingerprint density at radius 1 is 0.522 bits per heavy atom. The van der Waals surface area contributed by atoms with Gasteiger partial charge in [0.2, 0.25) is 0 Å². The summed E-state index contributed by atoms with van der Waals surface area (Å²) in [5.41, 5.74) is 3.73. The molecule has 2 heterocycles. The zero-order valence-electron chi connectivity index (χ0n) is 37.4. The van der Waals surface area contributed by atoms with E-state index in [-0.39, 0.29) is 12.5 Å². The van der Waals surface area contributed by atoms with E-state index >= 15 is 0 Å². The van der Waals surface area contributed by atoms with E-state index in [0.29, 0.717) is 0 Å². The third-order valence-corrected chi connectivity index (χ3v) is 10.2. The normalized spacial score (nSPS) is 25.7. The largest absolute Gasteiger partial charge is 0.480 e. The van der Waals surface area contributed by atoms with Crippen molar-refractivity contribution in [1.29, 1.82) is 0 Å². The van der Waals surface area contributed by atoms with Gasteiger partial charge in [-0.2, -0.15) is 0 Å². The highest BCUT2D eigenvalue weighted by molar-refractivity contribution is 5.81. The second-order valence-corrected chi connectivity index (χ2v) is 15.4. The van der Waals surface area contributed by atoms with Gasteiger partial charge in [-0.3, -0.25) is 33.6 Å². The molecule has 0 saturated carbocycles. The monoisotopic (exact) mass is 945 g/mol. The summed E-state index contributed by atoms with van der Waals surface area (Å²) in [4.78, 5) is 112. The Morgan fingerprint density at radius 2 is 0.940 bits per heavy atom. The Balaban J connectivity index is 1.43. The van der Waals surface area contributed by atoms with Gasteiger partial charge in [-0.05, 0) is 22.3 Å². The molecule has 2 saturated heterocycles. The molecule has 11 atom stereocenters. The first-order valence-corrected chi connectivity index (χ1v) is 20.8. The average molecular weight is 946 g/mol. The molecule has 1 amide bonds. The summed E-state index contributed by atoms with van der Waals surface area (Å²) >= 11 is 0. The molecular formula is C44H51NO22. The maximum Gasteiger partial charge on any atom is 0.407 e. The number of nitrogens with one attached hydrogen (secondary N) is 1. The highest BCUT2D eigenvalue weighted by Crippen LogP contribution is 2.44. The molecule has 23 nitrogen and oxygen atoms in total. The van der Waals surface area contributed by atoms with E-state index in [1.54, 1.807) is 0 Å². The molecule has 67 heavy (non-hydrogen) atoms. The fraction of sp³-hybridized carbons (Fsp3) is 0.523. The minimum absolute atomic E-state index is 0.157. The lowest BCUT2D eigenvalue weighted by atomic mass is 9.96. The Morgan fingerprint density at radius 3 is 1.42 bits per heavy atom. The number of carboxylic acid groups (broad SMARTS) is 1. The molecule has 0 spiro atoms. The summed E-state index contributed by atoms with van der Waals surface area (Å²) in [6.45, 7) is 4.63. The lowest BCUT2D eigenvalue weighted by Crippen LogP contribution is -2.67. The van der Waals surface area contributed by atoms with Crippen LogP contribution in [0, 0.1) is 0 Å². The van der Waals surface area contributed by atoms with Crippen molar-refractivity contribution in [2.75, 3.05) is 26.4 Å². The predicted octanol–water partition coefficient (Wildman–Crippen LogP) is 1.61. The molecule has 364 valence electrons.